The second kappa shape index (κ2) is 4.45. The molecule has 0 atom stereocenters. The van der Waals surface area contributed by atoms with Gasteiger partial charge in [0, 0.05) is 13.1 Å². The summed E-state index contributed by atoms with van der Waals surface area (Å²) in [5.74, 6) is -0.188. The minimum atomic E-state index is -0.188. The fourth-order valence-electron chi connectivity index (χ4n) is 1.73. The number of halogens is 2. The Kier molecular flexibility index (Phi) is 3.22. The minimum absolute atomic E-state index is 0.188. The topological polar surface area (TPSA) is 3.24 Å². The molecule has 0 aliphatic carbocycles. The molecule has 1 heterocycles. The van der Waals surface area contributed by atoms with Crippen molar-refractivity contribution in [2.75, 3.05) is 20.1 Å². The molecule has 1 aliphatic rings. The Morgan fingerprint density at radius 1 is 1.40 bits per heavy atom. The summed E-state index contributed by atoms with van der Waals surface area (Å²) >= 11 is 3.16. The maximum Gasteiger partial charge on any atom is 0.137 e. The molecule has 0 saturated carbocycles. The van der Waals surface area contributed by atoms with Crippen LogP contribution in [-0.4, -0.2) is 25.0 Å². The summed E-state index contributed by atoms with van der Waals surface area (Å²) < 4.78 is 13.9. The summed E-state index contributed by atoms with van der Waals surface area (Å²) in [7, 11) is 2.09. The third-order valence-electron chi connectivity index (χ3n) is 2.70. The summed E-state index contributed by atoms with van der Waals surface area (Å²) in [5.41, 5.74) is 2.25. The third-order valence-corrected chi connectivity index (χ3v) is 3.35. The lowest BCUT2D eigenvalue weighted by Crippen LogP contribution is -2.23. The van der Waals surface area contributed by atoms with E-state index in [4.69, 9.17) is 0 Å². The second-order valence-electron chi connectivity index (χ2n) is 3.87. The van der Waals surface area contributed by atoms with E-state index >= 15 is 0 Å². The van der Waals surface area contributed by atoms with Crippen LogP contribution in [0.1, 0.15) is 12.0 Å². The van der Waals surface area contributed by atoms with Crippen LogP contribution in [0.3, 0.4) is 0 Å². The lowest BCUT2D eigenvalue weighted by Gasteiger charge is -2.22. The number of likely N-dealkylation sites (N-methyl/N-ethyl adjacent to an activating group) is 1. The normalized spacial score (nSPS) is 17.7. The maximum absolute atomic E-state index is 13.3. The van der Waals surface area contributed by atoms with E-state index in [9.17, 15) is 4.39 Å². The fourth-order valence-corrected chi connectivity index (χ4v) is 1.98. The van der Waals surface area contributed by atoms with E-state index in [0.717, 1.165) is 25.1 Å². The van der Waals surface area contributed by atoms with E-state index in [1.807, 2.05) is 6.07 Å². The van der Waals surface area contributed by atoms with E-state index in [-0.39, 0.29) is 5.82 Å². The minimum Gasteiger partial charge on any atom is -0.302 e. The predicted octanol–water partition coefficient (Wildman–Crippen LogP) is 3.31. The summed E-state index contributed by atoms with van der Waals surface area (Å²) in [5, 5.41) is 0. The highest BCUT2D eigenvalue weighted by molar-refractivity contribution is 9.10. The van der Waals surface area contributed by atoms with Crippen molar-refractivity contribution in [2.24, 2.45) is 0 Å². The van der Waals surface area contributed by atoms with E-state index in [1.54, 1.807) is 12.1 Å². The summed E-state index contributed by atoms with van der Waals surface area (Å²) in [6.45, 7) is 2.00. The highest BCUT2D eigenvalue weighted by Crippen LogP contribution is 2.25. The molecule has 80 valence electrons. The Balaban J connectivity index is 2.26. The Morgan fingerprint density at radius 3 is 2.80 bits per heavy atom. The third kappa shape index (κ3) is 2.47. The molecule has 15 heavy (non-hydrogen) atoms. The number of hydrogen-bond donors (Lipinski definition) is 0. The summed E-state index contributed by atoms with van der Waals surface area (Å²) in [6.07, 6.45) is 3.17. The highest BCUT2D eigenvalue weighted by atomic mass is 79.9. The van der Waals surface area contributed by atoms with Crippen molar-refractivity contribution in [3.63, 3.8) is 0 Å². The molecule has 1 aromatic carbocycles. The Labute approximate surface area is 97.7 Å². The van der Waals surface area contributed by atoms with Crippen molar-refractivity contribution >= 4 is 21.5 Å². The van der Waals surface area contributed by atoms with E-state index in [0.29, 0.717) is 4.47 Å². The van der Waals surface area contributed by atoms with Gasteiger partial charge in [0.1, 0.15) is 5.82 Å². The molecule has 2 rings (SSSR count). The molecule has 1 nitrogen and oxygen atoms in total. The summed E-state index contributed by atoms with van der Waals surface area (Å²) in [6, 6.07) is 5.33. The monoisotopic (exact) mass is 269 g/mol. The van der Waals surface area contributed by atoms with Crippen LogP contribution in [0.4, 0.5) is 4.39 Å². The van der Waals surface area contributed by atoms with Crippen LogP contribution in [0.15, 0.2) is 28.7 Å². The molecule has 0 bridgehead atoms. The zero-order valence-corrected chi connectivity index (χ0v) is 10.2. The molecular formula is C12H13BrFN. The van der Waals surface area contributed by atoms with Gasteiger partial charge in [0.2, 0.25) is 0 Å². The van der Waals surface area contributed by atoms with Gasteiger partial charge < -0.3 is 4.90 Å². The van der Waals surface area contributed by atoms with Gasteiger partial charge in [-0.2, -0.15) is 0 Å². The Hall–Kier alpha value is -0.670. The number of benzene rings is 1. The molecule has 0 fully saturated rings. The molecule has 0 unspecified atom stereocenters. The first-order valence-electron chi connectivity index (χ1n) is 5.00. The van der Waals surface area contributed by atoms with Gasteiger partial charge in [-0.05, 0) is 52.7 Å². The largest absolute Gasteiger partial charge is 0.302 e. The molecule has 1 aliphatic heterocycles. The van der Waals surface area contributed by atoms with Gasteiger partial charge in [0.25, 0.3) is 0 Å². The SMILES string of the molecule is CN1CC=C(c2ccc(Br)c(F)c2)CC1. The van der Waals surface area contributed by atoms with Crippen molar-refractivity contribution in [1.29, 1.82) is 0 Å². The van der Waals surface area contributed by atoms with Gasteiger partial charge in [-0.25, -0.2) is 4.39 Å². The van der Waals surface area contributed by atoms with Gasteiger partial charge in [-0.15, -0.1) is 0 Å². The lowest BCUT2D eigenvalue weighted by molar-refractivity contribution is 0.370. The van der Waals surface area contributed by atoms with Crippen molar-refractivity contribution in [3.05, 3.63) is 40.1 Å². The van der Waals surface area contributed by atoms with E-state index < -0.39 is 0 Å². The zero-order chi connectivity index (χ0) is 10.8. The average Bonchev–Trinajstić information content (AvgIpc) is 2.23. The van der Waals surface area contributed by atoms with Crippen LogP contribution in [0.5, 0.6) is 0 Å². The molecule has 0 saturated heterocycles. The second-order valence-corrected chi connectivity index (χ2v) is 4.72. The van der Waals surface area contributed by atoms with Crippen LogP contribution in [0.2, 0.25) is 0 Å². The van der Waals surface area contributed by atoms with Gasteiger partial charge in [0.05, 0.1) is 4.47 Å². The molecule has 1 aromatic rings. The molecule has 3 heteroatoms. The smallest absolute Gasteiger partial charge is 0.137 e. The fraction of sp³-hybridized carbons (Fsp3) is 0.333. The quantitative estimate of drug-likeness (QED) is 0.756. The Bertz CT molecular complexity index is 401. The van der Waals surface area contributed by atoms with Crippen molar-refractivity contribution in [1.82, 2.24) is 4.90 Å². The lowest BCUT2D eigenvalue weighted by atomic mass is 10.00. The van der Waals surface area contributed by atoms with Crippen molar-refractivity contribution in [2.45, 2.75) is 6.42 Å². The molecule has 0 aromatic heterocycles. The highest BCUT2D eigenvalue weighted by Gasteiger charge is 2.10. The molecular weight excluding hydrogens is 257 g/mol. The number of nitrogens with zero attached hydrogens (tertiary/aromatic N) is 1. The van der Waals surface area contributed by atoms with Crippen LogP contribution < -0.4 is 0 Å². The van der Waals surface area contributed by atoms with E-state index in [2.05, 4.69) is 34.0 Å². The maximum atomic E-state index is 13.3. The van der Waals surface area contributed by atoms with Crippen LogP contribution >= 0.6 is 15.9 Å². The predicted molar refractivity (Wildman–Crippen MR) is 64.2 cm³/mol. The Morgan fingerprint density at radius 2 is 2.20 bits per heavy atom. The van der Waals surface area contributed by atoms with Gasteiger partial charge in [0.15, 0.2) is 0 Å². The molecule has 0 amide bonds. The summed E-state index contributed by atoms with van der Waals surface area (Å²) in [4.78, 5) is 2.25. The van der Waals surface area contributed by atoms with Crippen LogP contribution in [-0.2, 0) is 0 Å². The first kappa shape index (κ1) is 10.8. The van der Waals surface area contributed by atoms with E-state index in [1.165, 1.54) is 5.57 Å². The van der Waals surface area contributed by atoms with Crippen LogP contribution in [0, 0.1) is 5.82 Å². The van der Waals surface area contributed by atoms with Crippen LogP contribution in [0.25, 0.3) is 5.57 Å². The van der Waals surface area contributed by atoms with Gasteiger partial charge in [-0.1, -0.05) is 12.1 Å². The zero-order valence-electron chi connectivity index (χ0n) is 8.63. The first-order chi connectivity index (χ1) is 7.16. The number of rotatable bonds is 1. The molecule has 0 radical (unpaired) electrons. The standard InChI is InChI=1S/C12H13BrFN/c1-15-6-4-9(5-7-15)10-2-3-11(13)12(14)8-10/h2-4,8H,5-7H2,1H3. The molecule has 0 N–H and O–H groups in total. The molecule has 0 spiro atoms. The number of hydrogen-bond acceptors (Lipinski definition) is 1. The van der Waals surface area contributed by atoms with Gasteiger partial charge in [-0.3, -0.25) is 0 Å². The average molecular weight is 270 g/mol. The van der Waals surface area contributed by atoms with Crippen molar-refractivity contribution < 1.29 is 4.39 Å². The van der Waals surface area contributed by atoms with Gasteiger partial charge >= 0.3 is 0 Å². The first-order valence-corrected chi connectivity index (χ1v) is 5.79. The van der Waals surface area contributed by atoms with Crippen molar-refractivity contribution in [3.8, 4) is 0 Å².